The first kappa shape index (κ1) is 16.0. The summed E-state index contributed by atoms with van der Waals surface area (Å²) in [7, 11) is 1.71. The normalized spacial score (nSPS) is 12.1. The van der Waals surface area contributed by atoms with E-state index >= 15 is 0 Å². The summed E-state index contributed by atoms with van der Waals surface area (Å²) in [6.45, 7) is 6.17. The first-order valence-corrected chi connectivity index (χ1v) is 6.69. The van der Waals surface area contributed by atoms with Gasteiger partial charge in [0.2, 0.25) is 0 Å². The highest BCUT2D eigenvalue weighted by atomic mass is 16.4. The molecule has 2 amide bonds. The predicted octanol–water partition coefficient (Wildman–Crippen LogP) is 3.28. The summed E-state index contributed by atoms with van der Waals surface area (Å²) >= 11 is 0. The van der Waals surface area contributed by atoms with E-state index in [1.54, 1.807) is 30.1 Å². The monoisotopic (exact) mass is 278 g/mol. The number of carbonyl (C=O) groups excluding carboxylic acids is 1. The van der Waals surface area contributed by atoms with Crippen LogP contribution in [0.5, 0.6) is 0 Å². The Bertz CT molecular complexity index is 486. The van der Waals surface area contributed by atoms with E-state index in [2.05, 4.69) is 19.2 Å². The highest BCUT2D eigenvalue weighted by Gasteiger charge is 2.18. The summed E-state index contributed by atoms with van der Waals surface area (Å²) in [5.41, 5.74) is 0.402. The molecule has 110 valence electrons. The molecule has 1 atom stereocenters. The van der Waals surface area contributed by atoms with Crippen LogP contribution in [0.3, 0.4) is 0 Å². The van der Waals surface area contributed by atoms with Crippen molar-refractivity contribution >= 4 is 17.7 Å². The summed E-state index contributed by atoms with van der Waals surface area (Å²) in [5.74, 6) is -0.565. The highest BCUT2D eigenvalue weighted by molar-refractivity contribution is 5.99. The van der Waals surface area contributed by atoms with Crippen LogP contribution in [-0.2, 0) is 0 Å². The highest BCUT2D eigenvalue weighted by Crippen LogP contribution is 2.17. The Morgan fingerprint density at radius 2 is 1.85 bits per heavy atom. The lowest BCUT2D eigenvalue weighted by Crippen LogP contribution is -2.39. The fourth-order valence-electron chi connectivity index (χ4n) is 2.02. The molecule has 0 bridgehead atoms. The van der Waals surface area contributed by atoms with Crippen molar-refractivity contribution in [2.45, 2.75) is 33.2 Å². The molecule has 0 aromatic heterocycles. The summed E-state index contributed by atoms with van der Waals surface area (Å²) in [6.07, 6.45) is 0.893. The summed E-state index contributed by atoms with van der Waals surface area (Å²) in [6, 6.07) is 6.17. The van der Waals surface area contributed by atoms with E-state index in [1.807, 2.05) is 6.92 Å². The Kier molecular flexibility index (Phi) is 5.55. The van der Waals surface area contributed by atoms with Gasteiger partial charge in [-0.25, -0.2) is 9.59 Å². The van der Waals surface area contributed by atoms with Crippen molar-refractivity contribution in [3.8, 4) is 0 Å². The Hall–Kier alpha value is -2.04. The van der Waals surface area contributed by atoms with Crippen molar-refractivity contribution < 1.29 is 14.7 Å². The SMILES string of the molecule is CC(C)CC(C)N(C)C(=O)Nc1ccccc1C(=O)O. The number of urea groups is 1. The molecule has 1 aromatic rings. The van der Waals surface area contributed by atoms with Gasteiger partial charge >= 0.3 is 12.0 Å². The number of anilines is 1. The summed E-state index contributed by atoms with van der Waals surface area (Å²) in [4.78, 5) is 24.8. The maximum Gasteiger partial charge on any atom is 0.337 e. The minimum Gasteiger partial charge on any atom is -0.478 e. The van der Waals surface area contributed by atoms with Crippen molar-refractivity contribution in [2.24, 2.45) is 5.92 Å². The molecule has 0 saturated heterocycles. The van der Waals surface area contributed by atoms with Gasteiger partial charge in [0, 0.05) is 13.1 Å². The van der Waals surface area contributed by atoms with E-state index in [-0.39, 0.29) is 17.6 Å². The van der Waals surface area contributed by atoms with Gasteiger partial charge in [-0.1, -0.05) is 26.0 Å². The van der Waals surface area contributed by atoms with E-state index in [0.717, 1.165) is 6.42 Å². The number of carboxylic acid groups (broad SMARTS) is 1. The Balaban J connectivity index is 2.78. The third kappa shape index (κ3) is 4.26. The number of aromatic carboxylic acids is 1. The van der Waals surface area contributed by atoms with Crippen LogP contribution in [0, 0.1) is 5.92 Å². The third-order valence-electron chi connectivity index (χ3n) is 3.19. The second-order valence-corrected chi connectivity index (χ2v) is 5.37. The van der Waals surface area contributed by atoms with Gasteiger partial charge in [-0.05, 0) is 31.4 Å². The van der Waals surface area contributed by atoms with E-state index < -0.39 is 5.97 Å². The van der Waals surface area contributed by atoms with Crippen LogP contribution >= 0.6 is 0 Å². The number of nitrogens with one attached hydrogen (secondary N) is 1. The van der Waals surface area contributed by atoms with Crippen LogP contribution in [-0.4, -0.2) is 35.1 Å². The van der Waals surface area contributed by atoms with Crippen LogP contribution in [0.15, 0.2) is 24.3 Å². The zero-order valence-corrected chi connectivity index (χ0v) is 12.4. The Morgan fingerprint density at radius 1 is 1.25 bits per heavy atom. The number of benzene rings is 1. The molecule has 0 spiro atoms. The van der Waals surface area contributed by atoms with Gasteiger partial charge < -0.3 is 15.3 Å². The standard InChI is InChI=1S/C15H22N2O3/c1-10(2)9-11(3)17(4)15(20)16-13-8-6-5-7-12(13)14(18)19/h5-8,10-11H,9H2,1-4H3,(H,16,20)(H,18,19). The van der Waals surface area contributed by atoms with Crippen molar-refractivity contribution in [3.63, 3.8) is 0 Å². The second kappa shape index (κ2) is 6.93. The maximum absolute atomic E-state index is 12.1. The molecular formula is C15H22N2O3. The average Bonchev–Trinajstić information content (AvgIpc) is 2.37. The van der Waals surface area contributed by atoms with E-state index in [0.29, 0.717) is 11.6 Å². The zero-order valence-electron chi connectivity index (χ0n) is 12.4. The van der Waals surface area contributed by atoms with Gasteiger partial charge in [0.1, 0.15) is 0 Å². The predicted molar refractivity (Wildman–Crippen MR) is 79.1 cm³/mol. The van der Waals surface area contributed by atoms with Crippen LogP contribution in [0.2, 0.25) is 0 Å². The minimum atomic E-state index is -1.06. The van der Waals surface area contributed by atoms with Gasteiger partial charge in [-0.2, -0.15) is 0 Å². The molecule has 2 N–H and O–H groups in total. The fourth-order valence-corrected chi connectivity index (χ4v) is 2.02. The topological polar surface area (TPSA) is 69.6 Å². The summed E-state index contributed by atoms with van der Waals surface area (Å²) < 4.78 is 0. The number of rotatable bonds is 5. The van der Waals surface area contributed by atoms with Crippen LogP contribution in [0.4, 0.5) is 10.5 Å². The molecule has 0 fully saturated rings. The van der Waals surface area contributed by atoms with Crippen molar-refractivity contribution in [1.29, 1.82) is 0 Å². The van der Waals surface area contributed by atoms with E-state index in [4.69, 9.17) is 5.11 Å². The molecule has 0 aliphatic rings. The number of nitrogens with zero attached hydrogens (tertiary/aromatic N) is 1. The van der Waals surface area contributed by atoms with Gasteiger partial charge in [0.05, 0.1) is 11.3 Å². The molecular weight excluding hydrogens is 256 g/mol. The third-order valence-corrected chi connectivity index (χ3v) is 3.19. The molecule has 0 radical (unpaired) electrons. The minimum absolute atomic E-state index is 0.0887. The molecule has 0 aliphatic carbocycles. The molecule has 1 aromatic carbocycles. The quantitative estimate of drug-likeness (QED) is 0.868. The first-order chi connectivity index (χ1) is 9.32. The number of hydrogen-bond acceptors (Lipinski definition) is 2. The molecule has 1 unspecified atom stereocenters. The number of para-hydroxylation sites is 1. The number of carboxylic acids is 1. The number of carbonyl (C=O) groups is 2. The number of amides is 2. The molecule has 0 aliphatic heterocycles. The van der Waals surface area contributed by atoms with Crippen LogP contribution in [0.1, 0.15) is 37.6 Å². The van der Waals surface area contributed by atoms with Crippen molar-refractivity contribution in [1.82, 2.24) is 4.90 Å². The Morgan fingerprint density at radius 3 is 2.40 bits per heavy atom. The molecule has 5 heteroatoms. The smallest absolute Gasteiger partial charge is 0.337 e. The molecule has 1 rings (SSSR count). The zero-order chi connectivity index (χ0) is 15.3. The van der Waals surface area contributed by atoms with Crippen LogP contribution < -0.4 is 5.32 Å². The fraction of sp³-hybridized carbons (Fsp3) is 0.467. The lowest BCUT2D eigenvalue weighted by atomic mass is 10.0. The van der Waals surface area contributed by atoms with Gasteiger partial charge in [-0.3, -0.25) is 0 Å². The molecule has 0 saturated carbocycles. The first-order valence-electron chi connectivity index (χ1n) is 6.69. The van der Waals surface area contributed by atoms with Gasteiger partial charge in [0.25, 0.3) is 0 Å². The number of hydrogen-bond donors (Lipinski definition) is 2. The molecule has 5 nitrogen and oxygen atoms in total. The lowest BCUT2D eigenvalue weighted by Gasteiger charge is -2.26. The second-order valence-electron chi connectivity index (χ2n) is 5.37. The van der Waals surface area contributed by atoms with Crippen LogP contribution in [0.25, 0.3) is 0 Å². The Labute approximate surface area is 119 Å². The van der Waals surface area contributed by atoms with E-state index in [9.17, 15) is 9.59 Å². The molecule has 0 heterocycles. The maximum atomic E-state index is 12.1. The van der Waals surface area contributed by atoms with Crippen molar-refractivity contribution in [2.75, 3.05) is 12.4 Å². The molecule has 20 heavy (non-hydrogen) atoms. The van der Waals surface area contributed by atoms with Gasteiger partial charge in [0.15, 0.2) is 0 Å². The van der Waals surface area contributed by atoms with E-state index in [1.165, 1.54) is 6.07 Å². The largest absolute Gasteiger partial charge is 0.478 e. The summed E-state index contributed by atoms with van der Waals surface area (Å²) in [5, 5.41) is 11.7. The van der Waals surface area contributed by atoms with Crippen molar-refractivity contribution in [3.05, 3.63) is 29.8 Å². The lowest BCUT2D eigenvalue weighted by molar-refractivity contribution is 0.0698. The average molecular weight is 278 g/mol. The van der Waals surface area contributed by atoms with Gasteiger partial charge in [-0.15, -0.1) is 0 Å².